The fraction of sp³-hybridized carbons (Fsp3) is 0.524. The van der Waals surface area contributed by atoms with Crippen LogP contribution in [0.4, 0.5) is 11.8 Å². The second-order valence-corrected chi connectivity index (χ2v) is 7.82. The molecule has 0 radical (unpaired) electrons. The fourth-order valence-corrected chi connectivity index (χ4v) is 2.96. The standard InChI is InChI=1S/C21H31N7O2/c1-15-25-19(30-28-15)21(2,3)14-24-18-16-8-5-6-9-17(16)26-20(27-18)23-11-7-10-22-12-13-29-4/h5-6,8-9,22H,7,10-14H2,1-4H3,(H2,23,24,26,27). The summed E-state index contributed by atoms with van der Waals surface area (Å²) in [6, 6.07) is 7.98. The molecule has 30 heavy (non-hydrogen) atoms. The molecule has 0 saturated carbocycles. The molecule has 0 spiro atoms. The van der Waals surface area contributed by atoms with Gasteiger partial charge in [0.1, 0.15) is 5.82 Å². The average molecular weight is 414 g/mol. The molecule has 0 fully saturated rings. The van der Waals surface area contributed by atoms with E-state index in [1.54, 1.807) is 7.11 Å². The van der Waals surface area contributed by atoms with E-state index in [-0.39, 0.29) is 5.41 Å². The number of hydrogen-bond acceptors (Lipinski definition) is 9. The number of aryl methyl sites for hydroxylation is 1. The summed E-state index contributed by atoms with van der Waals surface area (Å²) in [6.45, 7) is 9.80. The Morgan fingerprint density at radius 2 is 1.87 bits per heavy atom. The van der Waals surface area contributed by atoms with Crippen LogP contribution in [0, 0.1) is 6.92 Å². The number of para-hydroxylation sites is 1. The normalized spacial score (nSPS) is 11.7. The average Bonchev–Trinajstić information content (AvgIpc) is 3.19. The van der Waals surface area contributed by atoms with E-state index in [2.05, 4.69) is 44.9 Å². The van der Waals surface area contributed by atoms with E-state index in [4.69, 9.17) is 14.2 Å². The molecule has 0 amide bonds. The van der Waals surface area contributed by atoms with Crippen molar-refractivity contribution in [3.8, 4) is 0 Å². The van der Waals surface area contributed by atoms with Crippen molar-refractivity contribution in [1.29, 1.82) is 0 Å². The van der Waals surface area contributed by atoms with Crippen LogP contribution in [0.25, 0.3) is 10.9 Å². The van der Waals surface area contributed by atoms with E-state index in [9.17, 15) is 0 Å². The fourth-order valence-electron chi connectivity index (χ4n) is 2.96. The number of ether oxygens (including phenoxy) is 1. The van der Waals surface area contributed by atoms with Gasteiger partial charge in [0.15, 0.2) is 5.82 Å². The maximum Gasteiger partial charge on any atom is 0.234 e. The lowest BCUT2D eigenvalue weighted by Gasteiger charge is -2.21. The molecule has 3 aromatic rings. The Labute approximate surface area is 177 Å². The van der Waals surface area contributed by atoms with E-state index in [1.807, 2.05) is 31.2 Å². The third kappa shape index (κ3) is 5.87. The second kappa shape index (κ2) is 10.3. The number of rotatable bonds is 12. The number of benzene rings is 1. The first-order chi connectivity index (χ1) is 14.5. The van der Waals surface area contributed by atoms with Gasteiger partial charge in [0, 0.05) is 32.1 Å². The smallest absolute Gasteiger partial charge is 0.234 e. The minimum atomic E-state index is -0.339. The Morgan fingerprint density at radius 1 is 1.03 bits per heavy atom. The van der Waals surface area contributed by atoms with Crippen LogP contribution in [-0.2, 0) is 10.2 Å². The highest BCUT2D eigenvalue weighted by atomic mass is 16.5. The van der Waals surface area contributed by atoms with Gasteiger partial charge in [-0.1, -0.05) is 17.3 Å². The number of nitrogens with zero attached hydrogens (tertiary/aromatic N) is 4. The van der Waals surface area contributed by atoms with Crippen molar-refractivity contribution in [3.63, 3.8) is 0 Å². The van der Waals surface area contributed by atoms with Crippen molar-refractivity contribution in [2.24, 2.45) is 0 Å². The van der Waals surface area contributed by atoms with Crippen molar-refractivity contribution in [2.45, 2.75) is 32.6 Å². The predicted molar refractivity (Wildman–Crippen MR) is 118 cm³/mol. The molecule has 3 rings (SSSR count). The number of anilines is 2. The van der Waals surface area contributed by atoms with Crippen molar-refractivity contribution in [2.75, 3.05) is 50.5 Å². The Hall–Kier alpha value is -2.78. The zero-order valence-electron chi connectivity index (χ0n) is 18.2. The van der Waals surface area contributed by atoms with E-state index >= 15 is 0 Å². The topological polar surface area (TPSA) is 110 Å². The predicted octanol–water partition coefficient (Wildman–Crippen LogP) is 2.75. The molecule has 9 nitrogen and oxygen atoms in total. The molecular weight excluding hydrogens is 382 g/mol. The molecule has 3 N–H and O–H groups in total. The maximum absolute atomic E-state index is 5.37. The first-order valence-electron chi connectivity index (χ1n) is 10.2. The van der Waals surface area contributed by atoms with Gasteiger partial charge in [-0.3, -0.25) is 0 Å². The highest BCUT2D eigenvalue weighted by Gasteiger charge is 2.27. The SMILES string of the molecule is COCCNCCCNc1nc(NCC(C)(C)c2nc(C)no2)c2ccccc2n1. The summed E-state index contributed by atoms with van der Waals surface area (Å²) < 4.78 is 10.4. The Bertz CT molecular complexity index is 942. The molecule has 162 valence electrons. The van der Waals surface area contributed by atoms with Gasteiger partial charge in [0.2, 0.25) is 11.8 Å². The van der Waals surface area contributed by atoms with Crippen LogP contribution in [-0.4, -0.2) is 60.0 Å². The highest BCUT2D eigenvalue weighted by Crippen LogP contribution is 2.25. The minimum Gasteiger partial charge on any atom is -0.383 e. The first-order valence-corrected chi connectivity index (χ1v) is 10.2. The molecule has 0 atom stereocenters. The lowest BCUT2D eigenvalue weighted by Crippen LogP contribution is -2.28. The van der Waals surface area contributed by atoms with Gasteiger partial charge >= 0.3 is 0 Å². The van der Waals surface area contributed by atoms with Crippen molar-refractivity contribution < 1.29 is 9.26 Å². The quantitative estimate of drug-likeness (QED) is 0.386. The maximum atomic E-state index is 5.37. The summed E-state index contributed by atoms with van der Waals surface area (Å²) >= 11 is 0. The molecule has 0 unspecified atom stereocenters. The summed E-state index contributed by atoms with van der Waals surface area (Å²) in [5.41, 5.74) is 0.552. The summed E-state index contributed by atoms with van der Waals surface area (Å²) in [5.74, 6) is 2.63. The summed E-state index contributed by atoms with van der Waals surface area (Å²) in [7, 11) is 1.70. The number of nitrogens with one attached hydrogen (secondary N) is 3. The Kier molecular flexibility index (Phi) is 7.53. The van der Waals surface area contributed by atoms with Crippen LogP contribution >= 0.6 is 0 Å². The summed E-state index contributed by atoms with van der Waals surface area (Å²) in [6.07, 6.45) is 0.964. The Balaban J connectivity index is 1.66. The van der Waals surface area contributed by atoms with Gasteiger partial charge < -0.3 is 25.2 Å². The summed E-state index contributed by atoms with van der Waals surface area (Å²) in [4.78, 5) is 13.7. The van der Waals surface area contributed by atoms with Crippen LogP contribution in [0.1, 0.15) is 32.0 Å². The third-order valence-corrected chi connectivity index (χ3v) is 4.70. The number of hydrogen-bond donors (Lipinski definition) is 3. The van der Waals surface area contributed by atoms with Gasteiger partial charge in [-0.05, 0) is 45.9 Å². The first kappa shape index (κ1) is 21.9. The minimum absolute atomic E-state index is 0.339. The molecule has 2 heterocycles. The van der Waals surface area contributed by atoms with E-state index in [0.717, 1.165) is 49.4 Å². The lowest BCUT2D eigenvalue weighted by molar-refractivity contribution is 0.199. The lowest BCUT2D eigenvalue weighted by atomic mass is 9.93. The van der Waals surface area contributed by atoms with Gasteiger partial charge in [0.05, 0.1) is 17.5 Å². The third-order valence-electron chi connectivity index (χ3n) is 4.70. The summed E-state index contributed by atoms with van der Waals surface area (Å²) in [5, 5.41) is 15.0. The van der Waals surface area contributed by atoms with Gasteiger partial charge in [0.25, 0.3) is 0 Å². The zero-order valence-corrected chi connectivity index (χ0v) is 18.2. The Morgan fingerprint density at radius 3 is 2.63 bits per heavy atom. The number of methoxy groups -OCH3 is 1. The zero-order chi connectivity index (χ0) is 21.4. The van der Waals surface area contributed by atoms with E-state index in [0.29, 0.717) is 24.2 Å². The van der Waals surface area contributed by atoms with E-state index in [1.165, 1.54) is 0 Å². The van der Waals surface area contributed by atoms with Crippen molar-refractivity contribution >= 4 is 22.7 Å². The van der Waals surface area contributed by atoms with Gasteiger partial charge in [-0.2, -0.15) is 9.97 Å². The van der Waals surface area contributed by atoms with Crippen LogP contribution in [0.15, 0.2) is 28.8 Å². The molecule has 0 aliphatic heterocycles. The largest absolute Gasteiger partial charge is 0.383 e. The van der Waals surface area contributed by atoms with E-state index < -0.39 is 0 Å². The molecular formula is C21H31N7O2. The molecule has 1 aromatic carbocycles. The van der Waals surface area contributed by atoms with Crippen LogP contribution < -0.4 is 16.0 Å². The number of fused-ring (bicyclic) bond motifs is 1. The van der Waals surface area contributed by atoms with Crippen LogP contribution in [0.5, 0.6) is 0 Å². The van der Waals surface area contributed by atoms with Crippen LogP contribution in [0.2, 0.25) is 0 Å². The molecule has 0 aliphatic carbocycles. The van der Waals surface area contributed by atoms with Crippen molar-refractivity contribution in [3.05, 3.63) is 36.0 Å². The molecule has 0 saturated heterocycles. The van der Waals surface area contributed by atoms with Gasteiger partial charge in [-0.15, -0.1) is 0 Å². The molecule has 0 aliphatic rings. The monoisotopic (exact) mass is 413 g/mol. The molecule has 0 bridgehead atoms. The number of aromatic nitrogens is 4. The second-order valence-electron chi connectivity index (χ2n) is 7.82. The highest BCUT2D eigenvalue weighted by molar-refractivity contribution is 5.90. The molecule has 2 aromatic heterocycles. The molecule has 9 heteroatoms. The van der Waals surface area contributed by atoms with Crippen molar-refractivity contribution in [1.82, 2.24) is 25.4 Å². The van der Waals surface area contributed by atoms with Crippen LogP contribution in [0.3, 0.4) is 0 Å². The van der Waals surface area contributed by atoms with Gasteiger partial charge in [-0.25, -0.2) is 4.98 Å².